The number of piperidine rings is 1. The van der Waals surface area contributed by atoms with Gasteiger partial charge in [0.25, 0.3) is 0 Å². The lowest BCUT2D eigenvalue weighted by molar-refractivity contribution is -0.384. The molecule has 7 nitrogen and oxygen atoms in total. The molecule has 1 fully saturated rings. The monoisotopic (exact) mass is 366 g/mol. The molecule has 2 N–H and O–H groups in total. The third-order valence-corrected chi connectivity index (χ3v) is 4.26. The van der Waals surface area contributed by atoms with Crippen LogP contribution in [-0.2, 0) is 0 Å². The molecule has 3 rings (SSSR count). The fourth-order valence-electron chi connectivity index (χ4n) is 2.75. The molecule has 0 saturated carbocycles. The largest absolute Gasteiger partial charge is 0.393 e. The van der Waals surface area contributed by atoms with E-state index in [-0.39, 0.29) is 22.8 Å². The van der Waals surface area contributed by atoms with Crippen molar-refractivity contribution in [3.63, 3.8) is 0 Å². The Kier molecular flexibility index (Phi) is 5.00. The summed E-state index contributed by atoms with van der Waals surface area (Å²) in [5.41, 5.74) is 0.515. The first-order valence-electron chi connectivity index (χ1n) is 7.74. The topological polar surface area (TPSA) is 91.5 Å². The summed E-state index contributed by atoms with van der Waals surface area (Å²) in [4.78, 5) is 16.2. The number of halogens is 2. The molecule has 9 heteroatoms. The van der Waals surface area contributed by atoms with Crippen LogP contribution in [-0.4, -0.2) is 34.2 Å². The zero-order valence-electron chi connectivity index (χ0n) is 13.2. The molecule has 1 aliphatic rings. The van der Waals surface area contributed by atoms with E-state index in [0.29, 0.717) is 37.3 Å². The smallest absolute Gasteiger partial charge is 0.311 e. The van der Waals surface area contributed by atoms with Crippen LogP contribution in [0.2, 0.25) is 5.15 Å². The van der Waals surface area contributed by atoms with Gasteiger partial charge in [0, 0.05) is 24.8 Å². The molecule has 2 aromatic rings. The first kappa shape index (κ1) is 17.4. The van der Waals surface area contributed by atoms with Crippen molar-refractivity contribution in [2.75, 3.05) is 23.3 Å². The van der Waals surface area contributed by atoms with E-state index in [2.05, 4.69) is 10.3 Å². The van der Waals surface area contributed by atoms with Crippen molar-refractivity contribution in [1.82, 2.24) is 4.98 Å². The highest BCUT2D eigenvalue weighted by molar-refractivity contribution is 6.29. The number of aliphatic hydroxyl groups excluding tert-OH is 1. The number of hydrogen-bond donors (Lipinski definition) is 2. The van der Waals surface area contributed by atoms with Crippen LogP contribution in [0.15, 0.2) is 30.3 Å². The van der Waals surface area contributed by atoms with E-state index in [0.717, 1.165) is 0 Å². The molecule has 0 bridgehead atoms. The van der Waals surface area contributed by atoms with E-state index < -0.39 is 10.7 Å². The number of aromatic nitrogens is 1. The first-order chi connectivity index (χ1) is 11.9. The molecule has 0 amide bonds. The predicted molar refractivity (Wildman–Crippen MR) is 93.0 cm³/mol. The first-order valence-corrected chi connectivity index (χ1v) is 8.12. The van der Waals surface area contributed by atoms with Gasteiger partial charge in [-0.15, -0.1) is 0 Å². The van der Waals surface area contributed by atoms with Gasteiger partial charge in [0.1, 0.15) is 11.0 Å². The summed E-state index contributed by atoms with van der Waals surface area (Å²) in [6.45, 7) is 1.15. The van der Waals surface area contributed by atoms with Gasteiger partial charge in [-0.05, 0) is 37.1 Å². The highest BCUT2D eigenvalue weighted by atomic mass is 35.5. The van der Waals surface area contributed by atoms with Crippen molar-refractivity contribution in [3.8, 4) is 0 Å². The molecule has 1 aliphatic heterocycles. The number of benzene rings is 1. The van der Waals surface area contributed by atoms with Crippen LogP contribution in [0.3, 0.4) is 0 Å². The van der Waals surface area contributed by atoms with Crippen molar-refractivity contribution >= 4 is 34.5 Å². The van der Waals surface area contributed by atoms with E-state index >= 15 is 0 Å². The maximum atomic E-state index is 14.4. The molecule has 1 saturated heterocycles. The highest BCUT2D eigenvalue weighted by Crippen LogP contribution is 2.30. The van der Waals surface area contributed by atoms with E-state index in [1.54, 1.807) is 12.1 Å². The summed E-state index contributed by atoms with van der Waals surface area (Å²) in [7, 11) is 0. The highest BCUT2D eigenvalue weighted by Gasteiger charge is 2.21. The SMILES string of the molecule is O=[N+]([O-])c1ccc(Cl)nc1Nc1ccc(N2CCC(O)CC2)c(F)c1. The van der Waals surface area contributed by atoms with Crippen molar-refractivity contribution in [3.05, 3.63) is 51.4 Å². The quantitative estimate of drug-likeness (QED) is 0.489. The minimum Gasteiger partial charge on any atom is -0.393 e. The second-order valence-electron chi connectivity index (χ2n) is 5.77. The molecule has 1 aromatic carbocycles. The van der Waals surface area contributed by atoms with Crippen LogP contribution in [0.4, 0.5) is 27.3 Å². The lowest BCUT2D eigenvalue weighted by Crippen LogP contribution is -2.36. The van der Waals surface area contributed by atoms with Crippen molar-refractivity contribution in [1.29, 1.82) is 0 Å². The van der Waals surface area contributed by atoms with Crippen molar-refractivity contribution in [2.45, 2.75) is 18.9 Å². The Morgan fingerprint density at radius 1 is 1.32 bits per heavy atom. The number of rotatable bonds is 4. The van der Waals surface area contributed by atoms with Crippen molar-refractivity contribution in [2.24, 2.45) is 0 Å². The Morgan fingerprint density at radius 3 is 2.68 bits per heavy atom. The predicted octanol–water partition coefficient (Wildman–Crippen LogP) is 3.49. The minimum atomic E-state index is -0.588. The molecule has 0 radical (unpaired) electrons. The summed E-state index contributed by atoms with van der Waals surface area (Å²) < 4.78 is 14.4. The third-order valence-electron chi connectivity index (χ3n) is 4.05. The van der Waals surface area contributed by atoms with Gasteiger partial charge in [0.2, 0.25) is 5.82 Å². The van der Waals surface area contributed by atoms with Crippen LogP contribution < -0.4 is 10.2 Å². The maximum absolute atomic E-state index is 14.4. The van der Waals surface area contributed by atoms with E-state index in [9.17, 15) is 19.6 Å². The second kappa shape index (κ2) is 7.20. The van der Waals surface area contributed by atoms with Crippen molar-refractivity contribution < 1.29 is 14.4 Å². The summed E-state index contributed by atoms with van der Waals surface area (Å²) in [5.74, 6) is -0.503. The van der Waals surface area contributed by atoms with Gasteiger partial charge in [-0.1, -0.05) is 11.6 Å². The van der Waals surface area contributed by atoms with Crippen LogP contribution in [0.1, 0.15) is 12.8 Å². The maximum Gasteiger partial charge on any atom is 0.311 e. The summed E-state index contributed by atoms with van der Waals surface area (Å²) in [5, 5.41) is 23.4. The van der Waals surface area contributed by atoms with Gasteiger partial charge in [-0.2, -0.15) is 0 Å². The molecular formula is C16H16ClFN4O3. The molecule has 25 heavy (non-hydrogen) atoms. The Labute approximate surface area is 148 Å². The molecule has 2 heterocycles. The number of nitrogens with one attached hydrogen (secondary N) is 1. The Balaban J connectivity index is 1.82. The number of hydrogen-bond acceptors (Lipinski definition) is 6. The number of anilines is 3. The Hall–Kier alpha value is -2.45. The summed E-state index contributed by atoms with van der Waals surface area (Å²) in [6.07, 6.45) is 0.852. The molecule has 1 aromatic heterocycles. The Bertz CT molecular complexity index is 797. The fourth-order valence-corrected chi connectivity index (χ4v) is 2.90. The van der Waals surface area contributed by atoms with E-state index in [4.69, 9.17) is 11.6 Å². The third kappa shape index (κ3) is 3.97. The lowest BCUT2D eigenvalue weighted by Gasteiger charge is -2.31. The zero-order valence-corrected chi connectivity index (χ0v) is 13.9. The second-order valence-corrected chi connectivity index (χ2v) is 6.16. The van der Waals surface area contributed by atoms with Crippen LogP contribution in [0, 0.1) is 15.9 Å². The molecular weight excluding hydrogens is 351 g/mol. The Morgan fingerprint density at radius 2 is 2.04 bits per heavy atom. The van der Waals surface area contributed by atoms with Gasteiger partial charge in [0.15, 0.2) is 0 Å². The van der Waals surface area contributed by atoms with E-state index in [1.807, 2.05) is 4.90 Å². The molecule has 0 spiro atoms. The average Bonchev–Trinajstić information content (AvgIpc) is 2.56. The molecule has 0 unspecified atom stereocenters. The minimum absolute atomic E-state index is 0.0502. The number of aliphatic hydroxyl groups is 1. The normalized spacial score (nSPS) is 15.2. The molecule has 0 atom stereocenters. The summed E-state index contributed by atoms with van der Waals surface area (Å²) in [6, 6.07) is 7.04. The van der Waals surface area contributed by atoms with Crippen LogP contribution >= 0.6 is 11.6 Å². The zero-order chi connectivity index (χ0) is 18.0. The van der Waals surface area contributed by atoms with Gasteiger partial charge in [0.05, 0.1) is 16.7 Å². The lowest BCUT2D eigenvalue weighted by atomic mass is 10.1. The van der Waals surface area contributed by atoms with Gasteiger partial charge < -0.3 is 15.3 Å². The standard InChI is InChI=1S/C16H16ClFN4O3/c17-15-4-3-14(22(24)25)16(20-15)19-10-1-2-13(12(18)9-10)21-7-5-11(23)6-8-21/h1-4,9,11,23H,5-8H2,(H,19,20). The summed E-state index contributed by atoms with van der Waals surface area (Å²) >= 11 is 5.78. The average molecular weight is 367 g/mol. The van der Waals surface area contributed by atoms with E-state index in [1.165, 1.54) is 18.2 Å². The van der Waals surface area contributed by atoms with Gasteiger partial charge in [-0.25, -0.2) is 9.37 Å². The van der Waals surface area contributed by atoms with Gasteiger partial charge in [-0.3, -0.25) is 10.1 Å². The van der Waals surface area contributed by atoms with Crippen LogP contribution in [0.5, 0.6) is 0 Å². The number of nitro groups is 1. The van der Waals surface area contributed by atoms with Gasteiger partial charge >= 0.3 is 5.69 Å². The number of nitrogens with zero attached hydrogens (tertiary/aromatic N) is 3. The number of pyridine rings is 1. The molecule has 0 aliphatic carbocycles. The molecule has 132 valence electrons. The van der Waals surface area contributed by atoms with Crippen LogP contribution in [0.25, 0.3) is 0 Å². The fraction of sp³-hybridized carbons (Fsp3) is 0.312.